The van der Waals surface area contributed by atoms with E-state index in [1.54, 1.807) is 0 Å². The third kappa shape index (κ3) is 2.94. The van der Waals surface area contributed by atoms with E-state index in [1.807, 2.05) is 0 Å². The van der Waals surface area contributed by atoms with Gasteiger partial charge in [0, 0.05) is 0 Å². The number of rotatable bonds is 4. The number of halogens is 6. The summed E-state index contributed by atoms with van der Waals surface area (Å²) in [6, 6.07) is 0. The molecule has 0 aliphatic heterocycles. The monoisotopic (exact) mass is 334 g/mol. The van der Waals surface area contributed by atoms with Gasteiger partial charge >= 0.3 is 46.0 Å². The average Bonchev–Trinajstić information content (AvgIpc) is 1.98. The van der Waals surface area contributed by atoms with Crippen molar-refractivity contribution in [3.63, 3.8) is 0 Å². The van der Waals surface area contributed by atoms with Crippen LogP contribution in [0.4, 0.5) is 26.3 Å². The minimum atomic E-state index is -6.83. The zero-order chi connectivity index (χ0) is 14.5. The number of sulfonamides is 2. The maximum absolute atomic E-state index is 12.6. The predicted molar refractivity (Wildman–Crippen MR) is 42.2 cm³/mol. The van der Waals surface area contributed by atoms with Gasteiger partial charge in [-0.15, -0.1) is 0 Å². The molecule has 0 spiro atoms. The summed E-state index contributed by atoms with van der Waals surface area (Å²) in [6.45, 7) is 0. The molecule has 0 saturated heterocycles. The summed E-state index contributed by atoms with van der Waals surface area (Å²) >= 11 is 0. The third-order valence-corrected chi connectivity index (χ3v) is 3.39. The largest absolute Gasteiger partial charge is 1.00 e. The van der Waals surface area contributed by atoms with Gasteiger partial charge < -0.3 is 1.43 Å². The molecular weight excluding hydrogens is 329 g/mol. The summed E-state index contributed by atoms with van der Waals surface area (Å²) in [6.07, 6.45) is 0. The van der Waals surface area contributed by atoms with Crippen molar-refractivity contribution in [2.45, 2.75) is 16.4 Å². The number of primary sulfonamides is 2. The molecule has 0 fully saturated rings. The standard InChI is InChI=1S/C3H4F6N2O4S2.Na.H/c4-1(5,2(6,7)16(10,12)13)3(8,9)17(11,14)15;;/h(H2,10,12,13)(H2,11,14,15);;/q;+1;-1. The van der Waals surface area contributed by atoms with Gasteiger partial charge in [-0.2, -0.15) is 26.3 Å². The van der Waals surface area contributed by atoms with E-state index in [9.17, 15) is 43.2 Å². The van der Waals surface area contributed by atoms with Gasteiger partial charge in [-0.25, -0.2) is 27.1 Å². The van der Waals surface area contributed by atoms with Gasteiger partial charge in [0.2, 0.25) is 0 Å². The van der Waals surface area contributed by atoms with E-state index in [-0.39, 0.29) is 31.0 Å². The molecule has 0 aromatic heterocycles. The Balaban J connectivity index is -0.00000128. The molecule has 0 aliphatic carbocycles. The van der Waals surface area contributed by atoms with Crippen molar-refractivity contribution in [3.05, 3.63) is 0 Å². The molecular formula is C3H5F6N2NaO4S2. The predicted octanol–water partition coefficient (Wildman–Crippen LogP) is -3.50. The Morgan fingerprint density at radius 2 is 0.889 bits per heavy atom. The van der Waals surface area contributed by atoms with E-state index < -0.39 is 36.5 Å². The van der Waals surface area contributed by atoms with Crippen molar-refractivity contribution in [1.29, 1.82) is 0 Å². The smallest absolute Gasteiger partial charge is 1.00 e. The molecule has 0 bridgehead atoms. The number of hydrogen-bond donors (Lipinski definition) is 2. The molecule has 6 nitrogen and oxygen atoms in total. The Labute approximate surface area is 121 Å². The summed E-state index contributed by atoms with van der Waals surface area (Å²) in [5.74, 6) is -6.83. The second-order valence-electron chi connectivity index (χ2n) is 2.70. The van der Waals surface area contributed by atoms with Gasteiger partial charge in [0.1, 0.15) is 0 Å². The van der Waals surface area contributed by atoms with E-state index in [0.717, 1.165) is 0 Å². The van der Waals surface area contributed by atoms with Gasteiger partial charge in [-0.05, 0) is 0 Å². The number of hydrogen-bond acceptors (Lipinski definition) is 4. The van der Waals surface area contributed by atoms with E-state index in [1.165, 1.54) is 0 Å². The normalized spacial score (nSPS) is 15.1. The maximum Gasteiger partial charge on any atom is 1.00 e. The summed E-state index contributed by atoms with van der Waals surface area (Å²) in [7, 11) is -13.0. The minimum Gasteiger partial charge on any atom is -1.00 e. The molecule has 0 saturated carbocycles. The van der Waals surface area contributed by atoms with Crippen LogP contribution < -0.4 is 39.8 Å². The van der Waals surface area contributed by atoms with Gasteiger partial charge in [0.05, 0.1) is 0 Å². The first-order valence-electron chi connectivity index (χ1n) is 3.18. The van der Waals surface area contributed by atoms with Gasteiger partial charge in [0.15, 0.2) is 0 Å². The molecule has 0 aliphatic rings. The fourth-order valence-corrected chi connectivity index (χ4v) is 1.56. The molecule has 0 unspecified atom stereocenters. The average molecular weight is 334 g/mol. The van der Waals surface area contributed by atoms with E-state index in [0.29, 0.717) is 0 Å². The number of nitrogens with two attached hydrogens (primary N) is 2. The molecule has 4 N–H and O–H groups in total. The zero-order valence-electron chi connectivity index (χ0n) is 9.37. The van der Waals surface area contributed by atoms with Crippen molar-refractivity contribution in [2.75, 3.05) is 0 Å². The van der Waals surface area contributed by atoms with Crippen molar-refractivity contribution in [2.24, 2.45) is 10.3 Å². The van der Waals surface area contributed by atoms with Crippen LogP contribution in [0.1, 0.15) is 1.43 Å². The van der Waals surface area contributed by atoms with Crippen LogP contribution in [-0.2, 0) is 20.0 Å². The van der Waals surface area contributed by atoms with Crippen molar-refractivity contribution >= 4 is 20.0 Å². The van der Waals surface area contributed by atoms with Crippen LogP contribution in [0.3, 0.4) is 0 Å². The second kappa shape index (κ2) is 5.06. The Kier molecular flexibility index (Phi) is 5.83. The molecule has 15 heteroatoms. The Morgan fingerprint density at radius 3 is 1.00 bits per heavy atom. The fraction of sp³-hybridized carbons (Fsp3) is 1.00. The molecule has 0 radical (unpaired) electrons. The van der Waals surface area contributed by atoms with Gasteiger partial charge in [0.25, 0.3) is 20.0 Å². The Hall–Kier alpha value is 0.400. The maximum atomic E-state index is 12.6. The first-order chi connectivity index (χ1) is 7.00. The zero-order valence-corrected chi connectivity index (χ0v) is 12.0. The molecule has 0 amide bonds. The Bertz CT molecular complexity index is 475. The van der Waals surface area contributed by atoms with Crippen LogP contribution in [0.15, 0.2) is 0 Å². The molecule has 106 valence electrons. The van der Waals surface area contributed by atoms with Crippen LogP contribution in [0.25, 0.3) is 0 Å². The fourth-order valence-electron chi connectivity index (χ4n) is 0.527. The first-order valence-corrected chi connectivity index (χ1v) is 6.27. The summed E-state index contributed by atoms with van der Waals surface area (Å²) in [5.41, 5.74) is 0. The third-order valence-electron chi connectivity index (χ3n) is 1.45. The molecule has 18 heavy (non-hydrogen) atoms. The molecule has 0 aromatic rings. The van der Waals surface area contributed by atoms with Crippen molar-refractivity contribution < 1.29 is 74.2 Å². The summed E-state index contributed by atoms with van der Waals surface area (Å²) in [4.78, 5) is 0. The number of alkyl halides is 6. The van der Waals surface area contributed by atoms with Crippen molar-refractivity contribution in [3.8, 4) is 0 Å². The van der Waals surface area contributed by atoms with E-state index in [2.05, 4.69) is 10.3 Å². The van der Waals surface area contributed by atoms with E-state index in [4.69, 9.17) is 0 Å². The summed E-state index contributed by atoms with van der Waals surface area (Å²) < 4.78 is 115. The minimum absolute atomic E-state index is 0. The second-order valence-corrected chi connectivity index (χ2v) is 5.90. The topological polar surface area (TPSA) is 120 Å². The van der Waals surface area contributed by atoms with Crippen LogP contribution in [0.5, 0.6) is 0 Å². The SMILES string of the molecule is NS(=O)(=O)C(F)(F)C(F)(F)C(F)(F)S(N)(=O)=O.[H-].[Na+]. The Morgan fingerprint density at radius 1 is 0.722 bits per heavy atom. The quantitative estimate of drug-likeness (QED) is 0.409. The summed E-state index contributed by atoms with van der Waals surface area (Å²) in [5, 5.41) is -5.81. The first kappa shape index (κ1) is 20.7. The van der Waals surface area contributed by atoms with Gasteiger partial charge in [-0.1, -0.05) is 0 Å². The van der Waals surface area contributed by atoms with E-state index >= 15 is 0 Å². The van der Waals surface area contributed by atoms with Crippen molar-refractivity contribution in [1.82, 2.24) is 0 Å². The molecule has 0 heterocycles. The molecule has 0 rings (SSSR count). The molecule has 0 atom stereocenters. The van der Waals surface area contributed by atoms with Gasteiger partial charge in [-0.3, -0.25) is 0 Å². The van der Waals surface area contributed by atoms with Crippen LogP contribution in [-0.4, -0.2) is 33.3 Å². The van der Waals surface area contributed by atoms with Crippen LogP contribution >= 0.6 is 0 Å². The van der Waals surface area contributed by atoms with Crippen LogP contribution in [0, 0.1) is 0 Å². The molecule has 0 aromatic carbocycles. The van der Waals surface area contributed by atoms with Crippen LogP contribution in [0.2, 0.25) is 0 Å².